The number of nitrogens with two attached hydrogens (primary N) is 1. The van der Waals surface area contributed by atoms with Crippen molar-refractivity contribution in [3.63, 3.8) is 0 Å². The number of hydrogen-bond donors (Lipinski definition) is 3. The summed E-state index contributed by atoms with van der Waals surface area (Å²) in [5.41, 5.74) is 6.99. The van der Waals surface area contributed by atoms with Gasteiger partial charge in [0.25, 0.3) is 5.91 Å². The zero-order valence-corrected chi connectivity index (χ0v) is 13.7. The maximum atomic E-state index is 12.7. The molecule has 0 saturated heterocycles. The molecule has 0 fully saturated rings. The quantitative estimate of drug-likeness (QED) is 0.731. The summed E-state index contributed by atoms with van der Waals surface area (Å²) in [4.78, 5) is 24.9. The smallest absolute Gasteiger partial charge is 0.251 e. The lowest BCUT2D eigenvalue weighted by Crippen LogP contribution is -2.38. The highest BCUT2D eigenvalue weighted by Gasteiger charge is 2.23. The Balaban J connectivity index is 2.14. The number of amides is 2. The highest BCUT2D eigenvalue weighted by molar-refractivity contribution is 5.97. The number of anilines is 1. The molecule has 2 aromatic carbocycles. The SMILES string of the molecule is C[C@@H](CN)CC(=O)N[C@H](C(=O)Nc1ccccc1)c1ccccc1. The topological polar surface area (TPSA) is 84.2 Å². The Morgan fingerprint density at radius 2 is 1.58 bits per heavy atom. The van der Waals surface area contributed by atoms with E-state index in [-0.39, 0.29) is 17.7 Å². The number of nitrogens with one attached hydrogen (secondary N) is 2. The Morgan fingerprint density at radius 1 is 1.00 bits per heavy atom. The van der Waals surface area contributed by atoms with Crippen LogP contribution < -0.4 is 16.4 Å². The van der Waals surface area contributed by atoms with Crippen LogP contribution in [0.3, 0.4) is 0 Å². The first-order valence-corrected chi connectivity index (χ1v) is 8.00. The summed E-state index contributed by atoms with van der Waals surface area (Å²) >= 11 is 0. The third-order valence-electron chi connectivity index (χ3n) is 3.68. The first-order chi connectivity index (χ1) is 11.6. The Labute approximate surface area is 142 Å². The van der Waals surface area contributed by atoms with Gasteiger partial charge in [-0.1, -0.05) is 55.5 Å². The molecule has 2 amide bonds. The number of carbonyl (C=O) groups is 2. The van der Waals surface area contributed by atoms with Crippen molar-refractivity contribution in [3.8, 4) is 0 Å². The van der Waals surface area contributed by atoms with Crippen molar-refractivity contribution in [3.05, 3.63) is 66.2 Å². The lowest BCUT2D eigenvalue weighted by atomic mass is 10.0. The fourth-order valence-corrected chi connectivity index (χ4v) is 2.30. The van der Waals surface area contributed by atoms with E-state index >= 15 is 0 Å². The molecule has 2 aromatic rings. The molecule has 5 heteroatoms. The zero-order valence-electron chi connectivity index (χ0n) is 13.7. The highest BCUT2D eigenvalue weighted by Crippen LogP contribution is 2.16. The van der Waals surface area contributed by atoms with Crippen LogP contribution in [0.15, 0.2) is 60.7 Å². The van der Waals surface area contributed by atoms with E-state index in [1.165, 1.54) is 0 Å². The maximum absolute atomic E-state index is 12.7. The molecular formula is C19H23N3O2. The standard InChI is InChI=1S/C19H23N3O2/c1-14(13-20)12-17(23)22-18(15-8-4-2-5-9-15)19(24)21-16-10-6-3-7-11-16/h2-11,14,18H,12-13,20H2,1H3,(H,21,24)(H,22,23)/t14-,18+/m1/s1. The summed E-state index contributed by atoms with van der Waals surface area (Å²) in [5.74, 6) is -0.398. The lowest BCUT2D eigenvalue weighted by molar-refractivity contribution is -0.127. The largest absolute Gasteiger partial charge is 0.341 e. The van der Waals surface area contributed by atoms with Gasteiger partial charge in [0.15, 0.2) is 0 Å². The molecule has 24 heavy (non-hydrogen) atoms. The molecule has 0 unspecified atom stereocenters. The van der Waals surface area contributed by atoms with Crippen molar-refractivity contribution in [2.75, 3.05) is 11.9 Å². The van der Waals surface area contributed by atoms with Gasteiger partial charge in [-0.25, -0.2) is 0 Å². The second-order valence-electron chi connectivity index (χ2n) is 5.81. The molecule has 0 saturated carbocycles. The molecule has 0 aromatic heterocycles. The summed E-state index contributed by atoms with van der Waals surface area (Å²) in [6.07, 6.45) is 0.290. The number of rotatable bonds is 7. The molecule has 0 radical (unpaired) electrons. The fraction of sp³-hybridized carbons (Fsp3) is 0.263. The molecule has 0 heterocycles. The molecule has 0 bridgehead atoms. The molecule has 0 aliphatic carbocycles. The van der Waals surface area contributed by atoms with Gasteiger partial charge in [0.2, 0.25) is 5.91 Å². The molecule has 5 nitrogen and oxygen atoms in total. The Bertz CT molecular complexity index is 659. The third kappa shape index (κ3) is 5.21. The summed E-state index contributed by atoms with van der Waals surface area (Å²) in [7, 11) is 0. The molecule has 0 aliphatic rings. The minimum absolute atomic E-state index is 0.0682. The Kier molecular flexibility index (Phi) is 6.51. The van der Waals surface area contributed by atoms with Crippen molar-refractivity contribution in [1.29, 1.82) is 0 Å². The van der Waals surface area contributed by atoms with E-state index in [2.05, 4.69) is 10.6 Å². The molecule has 0 spiro atoms. The van der Waals surface area contributed by atoms with E-state index < -0.39 is 6.04 Å². The maximum Gasteiger partial charge on any atom is 0.251 e. The summed E-state index contributed by atoms with van der Waals surface area (Å²) in [6.45, 7) is 2.33. The van der Waals surface area contributed by atoms with E-state index in [1.54, 1.807) is 12.1 Å². The van der Waals surface area contributed by atoms with Gasteiger partial charge in [-0.05, 0) is 30.2 Å². The summed E-state index contributed by atoms with van der Waals surface area (Å²) < 4.78 is 0. The summed E-state index contributed by atoms with van der Waals surface area (Å²) in [6, 6.07) is 17.6. The van der Waals surface area contributed by atoms with Crippen LogP contribution in [-0.4, -0.2) is 18.4 Å². The first-order valence-electron chi connectivity index (χ1n) is 8.00. The van der Waals surface area contributed by atoms with Crippen molar-refractivity contribution >= 4 is 17.5 Å². The lowest BCUT2D eigenvalue weighted by Gasteiger charge is -2.20. The van der Waals surface area contributed by atoms with Gasteiger partial charge in [-0.2, -0.15) is 0 Å². The average Bonchev–Trinajstić information content (AvgIpc) is 2.61. The van der Waals surface area contributed by atoms with Crippen LogP contribution in [0.1, 0.15) is 24.9 Å². The molecule has 2 atom stereocenters. The van der Waals surface area contributed by atoms with Gasteiger partial charge in [-0.15, -0.1) is 0 Å². The Morgan fingerprint density at radius 3 is 2.17 bits per heavy atom. The second kappa shape index (κ2) is 8.84. The van der Waals surface area contributed by atoms with Crippen LogP contribution in [-0.2, 0) is 9.59 Å². The predicted molar refractivity (Wildman–Crippen MR) is 95.2 cm³/mol. The molecule has 2 rings (SSSR count). The highest BCUT2D eigenvalue weighted by atomic mass is 16.2. The van der Waals surface area contributed by atoms with Gasteiger partial charge in [0.05, 0.1) is 0 Å². The van der Waals surface area contributed by atoms with Gasteiger partial charge in [0, 0.05) is 12.1 Å². The normalized spacial score (nSPS) is 12.9. The fourth-order valence-electron chi connectivity index (χ4n) is 2.30. The van der Waals surface area contributed by atoms with Gasteiger partial charge < -0.3 is 16.4 Å². The average molecular weight is 325 g/mol. The van der Waals surface area contributed by atoms with Gasteiger partial charge in [0.1, 0.15) is 6.04 Å². The summed E-state index contributed by atoms with van der Waals surface area (Å²) in [5, 5.41) is 5.65. The Hall–Kier alpha value is -2.66. The molecule has 0 aliphatic heterocycles. The van der Waals surface area contributed by atoms with E-state index in [0.717, 1.165) is 5.56 Å². The zero-order chi connectivity index (χ0) is 17.4. The van der Waals surface area contributed by atoms with Crippen molar-refractivity contribution in [2.45, 2.75) is 19.4 Å². The van der Waals surface area contributed by atoms with E-state index in [0.29, 0.717) is 18.7 Å². The van der Waals surface area contributed by atoms with Crippen molar-refractivity contribution in [1.82, 2.24) is 5.32 Å². The molecular weight excluding hydrogens is 302 g/mol. The monoisotopic (exact) mass is 325 g/mol. The number of benzene rings is 2. The second-order valence-corrected chi connectivity index (χ2v) is 5.81. The minimum Gasteiger partial charge on any atom is -0.341 e. The van der Waals surface area contributed by atoms with Crippen LogP contribution >= 0.6 is 0 Å². The van der Waals surface area contributed by atoms with Crippen molar-refractivity contribution < 1.29 is 9.59 Å². The van der Waals surface area contributed by atoms with Crippen molar-refractivity contribution in [2.24, 2.45) is 11.7 Å². The van der Waals surface area contributed by atoms with E-state index in [1.807, 2.05) is 55.5 Å². The number of para-hydroxylation sites is 1. The van der Waals surface area contributed by atoms with Crippen LogP contribution in [0.2, 0.25) is 0 Å². The minimum atomic E-state index is -0.746. The van der Waals surface area contributed by atoms with Crippen LogP contribution in [0.4, 0.5) is 5.69 Å². The van der Waals surface area contributed by atoms with E-state index in [9.17, 15) is 9.59 Å². The number of hydrogen-bond acceptors (Lipinski definition) is 3. The predicted octanol–water partition coefficient (Wildman–Crippen LogP) is 2.47. The number of carbonyl (C=O) groups excluding carboxylic acids is 2. The van der Waals surface area contributed by atoms with E-state index in [4.69, 9.17) is 5.73 Å². The molecule has 126 valence electrons. The molecule has 4 N–H and O–H groups in total. The van der Waals surface area contributed by atoms with Gasteiger partial charge >= 0.3 is 0 Å². The van der Waals surface area contributed by atoms with Crippen LogP contribution in [0, 0.1) is 5.92 Å². The van der Waals surface area contributed by atoms with Crippen LogP contribution in [0.5, 0.6) is 0 Å². The first kappa shape index (κ1) is 17.7. The third-order valence-corrected chi connectivity index (χ3v) is 3.68. The van der Waals surface area contributed by atoms with Crippen LogP contribution in [0.25, 0.3) is 0 Å². The van der Waals surface area contributed by atoms with Gasteiger partial charge in [-0.3, -0.25) is 9.59 Å².